The van der Waals surface area contributed by atoms with E-state index in [4.69, 9.17) is 0 Å². The van der Waals surface area contributed by atoms with Crippen molar-refractivity contribution in [3.63, 3.8) is 0 Å². The van der Waals surface area contributed by atoms with Crippen LogP contribution in [-0.2, 0) is 9.59 Å². The Morgan fingerprint density at radius 2 is 1.94 bits per heavy atom. The first-order valence-corrected chi connectivity index (χ1v) is 11.5. The third-order valence-electron chi connectivity index (χ3n) is 4.73. The van der Waals surface area contributed by atoms with Crippen LogP contribution in [0.4, 0.5) is 5.69 Å². The summed E-state index contributed by atoms with van der Waals surface area (Å²) in [5.74, 6) is -0.172. The lowest BCUT2D eigenvalue weighted by atomic mass is 10.1. The molecule has 2 rings (SSSR count). The van der Waals surface area contributed by atoms with Gasteiger partial charge in [0.1, 0.15) is 6.29 Å². The molecule has 7 heteroatoms. The highest BCUT2D eigenvalue weighted by Crippen LogP contribution is 2.23. The first-order valence-electron chi connectivity index (χ1n) is 10.4. The zero-order valence-electron chi connectivity index (χ0n) is 18.6. The van der Waals surface area contributed by atoms with Crippen molar-refractivity contribution in [3.05, 3.63) is 77.7 Å². The van der Waals surface area contributed by atoms with Gasteiger partial charge in [0.25, 0.3) is 0 Å². The quantitative estimate of drug-likeness (QED) is 0.239. The van der Waals surface area contributed by atoms with Gasteiger partial charge in [-0.2, -0.15) is 0 Å². The third-order valence-corrected chi connectivity index (χ3v) is 5.10. The van der Waals surface area contributed by atoms with Gasteiger partial charge in [-0.3, -0.25) is 14.6 Å². The number of allylic oxidation sites excluding steroid dienone is 3. The average molecular weight is 497 g/mol. The molecule has 6 nitrogen and oxygen atoms in total. The molecule has 1 heterocycles. The van der Waals surface area contributed by atoms with E-state index in [1.54, 1.807) is 12.3 Å². The lowest BCUT2D eigenvalue weighted by molar-refractivity contribution is -0.112. The van der Waals surface area contributed by atoms with Crippen LogP contribution >= 0.6 is 15.9 Å². The Morgan fingerprint density at radius 1 is 1.19 bits per heavy atom. The molecule has 0 fully saturated rings. The molecule has 32 heavy (non-hydrogen) atoms. The normalized spacial score (nSPS) is 12.4. The second kappa shape index (κ2) is 13.4. The van der Waals surface area contributed by atoms with Gasteiger partial charge in [0.2, 0.25) is 5.91 Å². The fourth-order valence-corrected chi connectivity index (χ4v) is 3.16. The number of nitrogens with zero attached hydrogens (tertiary/aromatic N) is 1. The van der Waals surface area contributed by atoms with Gasteiger partial charge in [-0.1, -0.05) is 40.2 Å². The van der Waals surface area contributed by atoms with Gasteiger partial charge in [-0.05, 0) is 45.2 Å². The van der Waals surface area contributed by atoms with Crippen molar-refractivity contribution >= 4 is 39.5 Å². The van der Waals surface area contributed by atoms with Crippen LogP contribution in [0.25, 0.3) is 17.0 Å². The molecule has 0 aliphatic rings. The molecule has 0 saturated heterocycles. The first kappa shape index (κ1) is 25.2. The Morgan fingerprint density at radius 3 is 2.56 bits per heavy atom. The second-order valence-corrected chi connectivity index (χ2v) is 7.66. The van der Waals surface area contributed by atoms with E-state index in [1.807, 2.05) is 63.4 Å². The van der Waals surface area contributed by atoms with Crippen LogP contribution in [0.15, 0.2) is 72.1 Å². The lowest BCUT2D eigenvalue weighted by Crippen LogP contribution is -2.19. The number of aldehydes is 1. The molecular weight excluding hydrogens is 468 g/mol. The summed E-state index contributed by atoms with van der Waals surface area (Å²) < 4.78 is 0. The standard InChI is InChI=1S/C25H29BrN4O2/c1-4-22(30-23(12-14-27-3)18(2)17-31)20-11-15-28-24(16-20)19-7-9-21(10-8-19)29-25(32)6-5-13-26/h4-11,15-17,27,30H,12-14H2,1-3H3,(H,29,32)/b6-5+,22-4-,23-18+. The fraction of sp³-hybridized carbons (Fsp3) is 0.240. The highest BCUT2D eigenvalue weighted by molar-refractivity contribution is 9.09. The number of amides is 1. The molecule has 0 spiro atoms. The summed E-state index contributed by atoms with van der Waals surface area (Å²) in [6.07, 6.45) is 8.57. The topological polar surface area (TPSA) is 83.1 Å². The Bertz CT molecular complexity index is 1010. The van der Waals surface area contributed by atoms with Gasteiger partial charge in [0.15, 0.2) is 0 Å². The minimum absolute atomic E-state index is 0.172. The Kier molecular flexibility index (Phi) is 10.6. The number of rotatable bonds is 11. The van der Waals surface area contributed by atoms with Crippen molar-refractivity contribution in [2.24, 2.45) is 0 Å². The monoisotopic (exact) mass is 496 g/mol. The van der Waals surface area contributed by atoms with E-state index < -0.39 is 0 Å². The Hall–Kier alpha value is -3.03. The number of benzene rings is 1. The molecule has 3 N–H and O–H groups in total. The summed E-state index contributed by atoms with van der Waals surface area (Å²) in [7, 11) is 1.89. The van der Waals surface area contributed by atoms with E-state index in [1.165, 1.54) is 6.08 Å². The van der Waals surface area contributed by atoms with Crippen molar-refractivity contribution in [3.8, 4) is 11.3 Å². The number of halogens is 1. The first-order chi connectivity index (χ1) is 15.5. The average Bonchev–Trinajstić information content (AvgIpc) is 2.83. The van der Waals surface area contributed by atoms with Crippen LogP contribution in [0.5, 0.6) is 0 Å². The number of carbonyl (C=O) groups excluding carboxylic acids is 2. The maximum absolute atomic E-state index is 11.8. The van der Waals surface area contributed by atoms with E-state index in [0.29, 0.717) is 23.0 Å². The van der Waals surface area contributed by atoms with Crippen LogP contribution in [-0.4, -0.2) is 36.1 Å². The summed E-state index contributed by atoms with van der Waals surface area (Å²) in [4.78, 5) is 27.7. The van der Waals surface area contributed by atoms with E-state index in [9.17, 15) is 9.59 Å². The number of aromatic nitrogens is 1. The van der Waals surface area contributed by atoms with Crippen LogP contribution in [0.3, 0.4) is 0 Å². The molecule has 1 amide bonds. The van der Waals surface area contributed by atoms with Gasteiger partial charge < -0.3 is 16.0 Å². The van der Waals surface area contributed by atoms with Crippen LogP contribution in [0.1, 0.15) is 25.8 Å². The summed E-state index contributed by atoms with van der Waals surface area (Å²) in [6, 6.07) is 11.5. The molecule has 0 bridgehead atoms. The van der Waals surface area contributed by atoms with Crippen LogP contribution in [0.2, 0.25) is 0 Å². The molecular formula is C25H29BrN4O2. The minimum atomic E-state index is -0.172. The number of anilines is 1. The fourth-order valence-electron chi connectivity index (χ4n) is 2.97. The van der Waals surface area contributed by atoms with Gasteiger partial charge >= 0.3 is 0 Å². The molecule has 168 valence electrons. The van der Waals surface area contributed by atoms with E-state index >= 15 is 0 Å². The zero-order chi connectivity index (χ0) is 23.3. The van der Waals surface area contributed by atoms with Crippen LogP contribution in [0, 0.1) is 0 Å². The third kappa shape index (κ3) is 7.59. The lowest BCUT2D eigenvalue weighted by Gasteiger charge is -2.16. The smallest absolute Gasteiger partial charge is 0.248 e. The number of hydrogen-bond donors (Lipinski definition) is 3. The van der Waals surface area contributed by atoms with Crippen molar-refractivity contribution in [2.45, 2.75) is 20.3 Å². The molecule has 1 aromatic heterocycles. The molecule has 0 aliphatic heterocycles. The van der Waals surface area contributed by atoms with Gasteiger partial charge in [-0.15, -0.1) is 0 Å². The highest BCUT2D eigenvalue weighted by atomic mass is 79.9. The molecule has 0 unspecified atom stereocenters. The predicted molar refractivity (Wildman–Crippen MR) is 135 cm³/mol. The largest absolute Gasteiger partial charge is 0.358 e. The van der Waals surface area contributed by atoms with Crippen molar-refractivity contribution < 1.29 is 9.59 Å². The van der Waals surface area contributed by atoms with E-state index in [2.05, 4.69) is 36.9 Å². The molecule has 2 aromatic rings. The SMILES string of the molecule is C/C=C(\N/C(CCNC)=C(\C)C=O)c1ccnc(-c2ccc(NC(=O)/C=C/CBr)cc2)c1. The molecule has 0 aliphatic carbocycles. The van der Waals surface area contributed by atoms with Crippen molar-refractivity contribution in [1.29, 1.82) is 0 Å². The maximum atomic E-state index is 11.8. The highest BCUT2D eigenvalue weighted by Gasteiger charge is 2.09. The molecule has 0 atom stereocenters. The summed E-state index contributed by atoms with van der Waals surface area (Å²) in [6.45, 7) is 4.53. The number of carbonyl (C=O) groups is 2. The predicted octanol–water partition coefficient (Wildman–Crippen LogP) is 4.67. The minimum Gasteiger partial charge on any atom is -0.358 e. The van der Waals surface area contributed by atoms with Gasteiger partial charge in [-0.25, -0.2) is 0 Å². The van der Waals surface area contributed by atoms with Gasteiger partial charge in [0, 0.05) is 64.4 Å². The summed E-state index contributed by atoms with van der Waals surface area (Å²) in [5.41, 5.74) is 5.90. The van der Waals surface area contributed by atoms with Crippen molar-refractivity contribution in [2.75, 3.05) is 24.2 Å². The van der Waals surface area contributed by atoms with Gasteiger partial charge in [0.05, 0.1) is 5.69 Å². The number of alkyl halides is 1. The Balaban J connectivity index is 2.22. The van der Waals surface area contributed by atoms with Crippen LogP contribution < -0.4 is 16.0 Å². The molecule has 1 aromatic carbocycles. The summed E-state index contributed by atoms with van der Waals surface area (Å²) >= 11 is 3.25. The number of pyridine rings is 1. The van der Waals surface area contributed by atoms with Crippen molar-refractivity contribution in [1.82, 2.24) is 15.6 Å². The van der Waals surface area contributed by atoms with E-state index in [0.717, 1.165) is 41.0 Å². The molecule has 0 saturated carbocycles. The number of nitrogens with one attached hydrogen (secondary N) is 3. The van der Waals surface area contributed by atoms with E-state index in [-0.39, 0.29) is 5.91 Å². The Labute approximate surface area is 198 Å². The zero-order valence-corrected chi connectivity index (χ0v) is 20.2. The second-order valence-electron chi connectivity index (χ2n) is 7.01. The number of hydrogen-bond acceptors (Lipinski definition) is 5. The summed E-state index contributed by atoms with van der Waals surface area (Å²) in [5, 5.41) is 9.98. The molecule has 0 radical (unpaired) electrons. The maximum Gasteiger partial charge on any atom is 0.248 e.